The topological polar surface area (TPSA) is 59.8 Å². The van der Waals surface area contributed by atoms with E-state index in [0.29, 0.717) is 5.57 Å². The van der Waals surface area contributed by atoms with Crippen molar-refractivity contribution in [2.24, 2.45) is 0 Å². The van der Waals surface area contributed by atoms with Crippen molar-refractivity contribution in [1.82, 2.24) is 20.1 Å². The quantitative estimate of drug-likeness (QED) is 0.217. The number of hydrogen-bond acceptors (Lipinski definition) is 3. The molecule has 1 aromatic carbocycles. The molecule has 0 saturated carbocycles. The van der Waals surface area contributed by atoms with Gasteiger partial charge in [-0.3, -0.25) is 4.79 Å². The zero-order valence-electron chi connectivity index (χ0n) is 21.3. The van der Waals surface area contributed by atoms with Crippen molar-refractivity contribution in [2.75, 3.05) is 0 Å². The zero-order chi connectivity index (χ0) is 25.4. The fourth-order valence-corrected chi connectivity index (χ4v) is 4.39. The lowest BCUT2D eigenvalue weighted by Gasteiger charge is -2.20. The van der Waals surface area contributed by atoms with Crippen LogP contribution >= 0.6 is 15.9 Å². The van der Waals surface area contributed by atoms with Gasteiger partial charge in [-0.1, -0.05) is 51.0 Å². The van der Waals surface area contributed by atoms with E-state index >= 15 is 0 Å². The van der Waals surface area contributed by atoms with E-state index in [1.807, 2.05) is 29.8 Å². The standard InChI is InChI=1S/C29H35BrN4O/c1-6-10-26(22-15-16-31-28(30)18-22)33-29(35)24(9-4)25-19-32-34(27(25)17-20(5)7-2)23-13-11-21(8-3)12-14-23/h9,11-19,26H,6-8,10H2,1-5H3,(H,33,35)/b20-17+,24-9+. The second kappa shape index (κ2) is 12.6. The number of hydrogen-bond donors (Lipinski definition) is 1. The molecular formula is C29H35BrN4O. The average Bonchev–Trinajstić information content (AvgIpc) is 3.27. The Morgan fingerprint density at radius 1 is 1.17 bits per heavy atom. The van der Waals surface area contributed by atoms with Crippen LogP contribution in [0.5, 0.6) is 0 Å². The summed E-state index contributed by atoms with van der Waals surface area (Å²) in [5.74, 6) is -0.108. The predicted molar refractivity (Wildman–Crippen MR) is 148 cm³/mol. The van der Waals surface area contributed by atoms with Gasteiger partial charge in [-0.2, -0.15) is 5.10 Å². The van der Waals surface area contributed by atoms with Gasteiger partial charge in [0.25, 0.3) is 5.91 Å². The van der Waals surface area contributed by atoms with Crippen LogP contribution in [-0.2, 0) is 11.2 Å². The van der Waals surface area contributed by atoms with Crippen molar-refractivity contribution >= 4 is 33.5 Å². The summed E-state index contributed by atoms with van der Waals surface area (Å²) in [6.07, 6.45) is 11.3. The third-order valence-corrected chi connectivity index (χ3v) is 6.63. The number of halogens is 1. The number of pyridine rings is 1. The summed E-state index contributed by atoms with van der Waals surface area (Å²) >= 11 is 3.45. The Bertz CT molecular complexity index is 1210. The van der Waals surface area contributed by atoms with Crippen molar-refractivity contribution in [3.8, 4) is 5.69 Å². The minimum Gasteiger partial charge on any atom is -0.345 e. The molecule has 35 heavy (non-hydrogen) atoms. The van der Waals surface area contributed by atoms with Crippen molar-refractivity contribution in [3.63, 3.8) is 0 Å². The van der Waals surface area contributed by atoms with Crippen molar-refractivity contribution in [2.45, 2.75) is 66.3 Å². The van der Waals surface area contributed by atoms with Crippen LogP contribution in [-0.4, -0.2) is 20.7 Å². The summed E-state index contributed by atoms with van der Waals surface area (Å²) in [6, 6.07) is 12.2. The first kappa shape index (κ1) is 26.6. The fraction of sp³-hybridized carbons (Fsp3) is 0.345. The van der Waals surface area contributed by atoms with Crippen molar-refractivity contribution in [1.29, 1.82) is 0 Å². The number of nitrogens with zero attached hydrogens (tertiary/aromatic N) is 3. The number of aryl methyl sites for hydroxylation is 1. The third kappa shape index (κ3) is 6.57. The molecule has 3 aromatic rings. The summed E-state index contributed by atoms with van der Waals surface area (Å²) in [5, 5.41) is 7.96. The van der Waals surface area contributed by atoms with Crippen LogP contribution in [0.4, 0.5) is 0 Å². The highest BCUT2D eigenvalue weighted by Gasteiger charge is 2.22. The summed E-state index contributed by atoms with van der Waals surface area (Å²) in [5.41, 5.74) is 6.86. The zero-order valence-corrected chi connectivity index (χ0v) is 22.9. The van der Waals surface area contributed by atoms with E-state index in [-0.39, 0.29) is 11.9 Å². The maximum absolute atomic E-state index is 13.6. The third-order valence-electron chi connectivity index (χ3n) is 6.20. The number of aromatic nitrogens is 3. The van der Waals surface area contributed by atoms with Gasteiger partial charge in [0.1, 0.15) is 4.60 Å². The maximum Gasteiger partial charge on any atom is 0.252 e. The number of rotatable bonds is 10. The Labute approximate surface area is 217 Å². The van der Waals surface area contributed by atoms with E-state index in [0.717, 1.165) is 52.8 Å². The highest BCUT2D eigenvalue weighted by atomic mass is 79.9. The molecule has 6 heteroatoms. The van der Waals surface area contributed by atoms with Crippen molar-refractivity contribution < 1.29 is 4.79 Å². The highest BCUT2D eigenvalue weighted by Crippen LogP contribution is 2.27. The molecule has 2 aromatic heterocycles. The summed E-state index contributed by atoms with van der Waals surface area (Å²) in [4.78, 5) is 17.8. The fourth-order valence-electron chi connectivity index (χ4n) is 4.01. The van der Waals surface area contributed by atoms with Crippen LogP contribution in [0.1, 0.15) is 82.3 Å². The molecule has 0 bridgehead atoms. The number of benzene rings is 1. The van der Waals surface area contributed by atoms with E-state index in [9.17, 15) is 4.79 Å². The number of carbonyl (C=O) groups is 1. The lowest BCUT2D eigenvalue weighted by atomic mass is 10.00. The number of amides is 1. The lowest BCUT2D eigenvalue weighted by molar-refractivity contribution is -0.116. The Kier molecular flexibility index (Phi) is 9.61. The number of nitrogens with one attached hydrogen (secondary N) is 1. The van der Waals surface area contributed by atoms with E-state index in [1.165, 1.54) is 11.1 Å². The molecule has 1 amide bonds. The van der Waals surface area contributed by atoms with Crippen LogP contribution in [0, 0.1) is 0 Å². The van der Waals surface area contributed by atoms with Gasteiger partial charge in [0, 0.05) is 17.3 Å². The lowest BCUT2D eigenvalue weighted by Crippen LogP contribution is -2.29. The second-order valence-electron chi connectivity index (χ2n) is 8.65. The molecule has 0 radical (unpaired) electrons. The molecule has 1 atom stereocenters. The van der Waals surface area contributed by atoms with Gasteiger partial charge in [-0.15, -0.1) is 0 Å². The van der Waals surface area contributed by atoms with Gasteiger partial charge in [0.15, 0.2) is 0 Å². The molecular weight excluding hydrogens is 500 g/mol. The van der Waals surface area contributed by atoms with Crippen LogP contribution in [0.2, 0.25) is 0 Å². The van der Waals surface area contributed by atoms with Crippen molar-refractivity contribution in [3.05, 3.63) is 87.4 Å². The van der Waals surface area contributed by atoms with Gasteiger partial charge < -0.3 is 5.32 Å². The minimum absolute atomic E-state index is 0.102. The maximum atomic E-state index is 13.6. The Morgan fingerprint density at radius 2 is 1.91 bits per heavy atom. The highest BCUT2D eigenvalue weighted by molar-refractivity contribution is 9.10. The Hall–Kier alpha value is -2.99. The molecule has 184 valence electrons. The van der Waals surface area contributed by atoms with Gasteiger partial charge in [-0.25, -0.2) is 9.67 Å². The molecule has 0 saturated heterocycles. The van der Waals surface area contributed by atoms with Gasteiger partial charge in [-0.05, 0) is 90.5 Å². The molecule has 0 spiro atoms. The second-order valence-corrected chi connectivity index (χ2v) is 9.46. The molecule has 0 aliphatic heterocycles. The molecule has 0 fully saturated rings. The number of allylic oxidation sites excluding steroid dienone is 2. The average molecular weight is 536 g/mol. The van der Waals surface area contributed by atoms with Crippen LogP contribution in [0.15, 0.2) is 65.0 Å². The van der Waals surface area contributed by atoms with E-state index in [1.54, 1.807) is 12.4 Å². The first-order valence-corrected chi connectivity index (χ1v) is 13.1. The largest absolute Gasteiger partial charge is 0.345 e. The summed E-state index contributed by atoms with van der Waals surface area (Å²) < 4.78 is 2.68. The smallest absolute Gasteiger partial charge is 0.252 e. The van der Waals surface area contributed by atoms with E-state index < -0.39 is 0 Å². The molecule has 3 rings (SSSR count). The molecule has 5 nitrogen and oxygen atoms in total. The Morgan fingerprint density at radius 3 is 2.51 bits per heavy atom. The monoisotopic (exact) mass is 534 g/mol. The molecule has 1 N–H and O–H groups in total. The molecule has 0 aliphatic carbocycles. The molecule has 0 aliphatic rings. The van der Waals surface area contributed by atoms with Crippen LogP contribution in [0.25, 0.3) is 17.3 Å². The first-order chi connectivity index (χ1) is 16.9. The normalized spacial score (nSPS) is 13.1. The SMILES string of the molecule is C/C=C(/C(=O)NC(CCC)c1ccnc(Br)c1)c1cnn(-c2ccc(CC)cc2)c1/C=C(\C)CC. The molecule has 2 heterocycles. The first-order valence-electron chi connectivity index (χ1n) is 12.3. The van der Waals surface area contributed by atoms with Gasteiger partial charge >= 0.3 is 0 Å². The van der Waals surface area contributed by atoms with Gasteiger partial charge in [0.2, 0.25) is 0 Å². The summed E-state index contributed by atoms with van der Waals surface area (Å²) in [6.45, 7) is 10.4. The van der Waals surface area contributed by atoms with Crippen LogP contribution in [0.3, 0.4) is 0 Å². The predicted octanol–water partition coefficient (Wildman–Crippen LogP) is 7.47. The minimum atomic E-state index is -0.108. The van der Waals surface area contributed by atoms with Crippen LogP contribution < -0.4 is 5.32 Å². The van der Waals surface area contributed by atoms with Gasteiger partial charge in [0.05, 0.1) is 23.6 Å². The molecule has 1 unspecified atom stereocenters. The Balaban J connectivity index is 2.00. The van der Waals surface area contributed by atoms with E-state index in [2.05, 4.69) is 84.3 Å². The van der Waals surface area contributed by atoms with E-state index in [4.69, 9.17) is 5.10 Å². The number of carbonyl (C=O) groups excluding carboxylic acids is 1. The summed E-state index contributed by atoms with van der Waals surface area (Å²) in [7, 11) is 0.